The summed E-state index contributed by atoms with van der Waals surface area (Å²) in [5, 5.41) is 21.2. The number of aromatic hydroxyl groups is 1. The molecule has 5 N–H and O–H groups in total. The van der Waals surface area contributed by atoms with Crippen molar-refractivity contribution >= 4 is 41.9 Å². The Labute approximate surface area is 201 Å². The van der Waals surface area contributed by atoms with E-state index < -0.39 is 17.2 Å². The van der Waals surface area contributed by atoms with Gasteiger partial charge in [-0.15, -0.1) is 24.0 Å². The molecule has 1 aromatic carbocycles. The first-order chi connectivity index (χ1) is 13.9. The number of benzene rings is 1. The van der Waals surface area contributed by atoms with E-state index in [1.165, 1.54) is 12.1 Å². The van der Waals surface area contributed by atoms with Crippen LogP contribution in [0.25, 0.3) is 0 Å². The van der Waals surface area contributed by atoms with Crippen LogP contribution in [-0.4, -0.2) is 60.4 Å². The summed E-state index contributed by atoms with van der Waals surface area (Å²) < 4.78 is 5.29. The third-order valence-electron chi connectivity index (χ3n) is 3.65. The molecule has 0 aliphatic rings. The number of nitrogens with one attached hydrogen (secondary N) is 4. The molecule has 0 bridgehead atoms. The predicted molar refractivity (Wildman–Crippen MR) is 133 cm³/mol. The summed E-state index contributed by atoms with van der Waals surface area (Å²) in [6.45, 7) is 13.0. The second-order valence-corrected chi connectivity index (χ2v) is 8.44. The molecule has 10 heteroatoms. The molecular formula is C21H36IN5O4. The summed E-state index contributed by atoms with van der Waals surface area (Å²) in [5.41, 5.74) is -0.689. The Kier molecular flexibility index (Phi) is 12.3. The fraction of sp³-hybridized carbons (Fsp3) is 0.571. The molecule has 0 spiro atoms. The highest BCUT2D eigenvalue weighted by molar-refractivity contribution is 14.0. The summed E-state index contributed by atoms with van der Waals surface area (Å²) in [6, 6.07) is 6.05. The van der Waals surface area contributed by atoms with E-state index >= 15 is 0 Å². The van der Waals surface area contributed by atoms with Gasteiger partial charge in [0, 0.05) is 25.2 Å². The molecule has 0 atom stereocenters. The quantitative estimate of drug-likeness (QED) is 0.147. The van der Waals surface area contributed by atoms with Crippen molar-refractivity contribution in [2.75, 3.05) is 26.2 Å². The number of aliphatic imine (C=N–C) groups is 1. The Morgan fingerprint density at radius 3 is 2.13 bits per heavy atom. The number of ether oxygens (including phenoxy) is 1. The smallest absolute Gasteiger partial charge is 0.408 e. The number of rotatable bonds is 8. The molecule has 0 aliphatic heterocycles. The van der Waals surface area contributed by atoms with Crippen molar-refractivity contribution in [1.29, 1.82) is 0 Å². The van der Waals surface area contributed by atoms with Gasteiger partial charge in [-0.2, -0.15) is 0 Å². The van der Waals surface area contributed by atoms with Crippen LogP contribution in [0.5, 0.6) is 5.75 Å². The third kappa shape index (κ3) is 12.9. The van der Waals surface area contributed by atoms with Crippen molar-refractivity contribution in [1.82, 2.24) is 21.3 Å². The van der Waals surface area contributed by atoms with Crippen LogP contribution in [0.2, 0.25) is 0 Å². The molecule has 2 amide bonds. The zero-order chi connectivity index (χ0) is 22.8. The number of halogens is 1. The molecule has 0 saturated carbocycles. The van der Waals surface area contributed by atoms with Crippen LogP contribution < -0.4 is 21.3 Å². The molecule has 0 heterocycles. The maximum absolute atomic E-state index is 12.1. The molecule has 31 heavy (non-hydrogen) atoms. The lowest BCUT2D eigenvalue weighted by Crippen LogP contribution is -2.49. The van der Waals surface area contributed by atoms with E-state index in [4.69, 9.17) is 4.74 Å². The molecule has 176 valence electrons. The molecule has 1 rings (SSSR count). The van der Waals surface area contributed by atoms with Gasteiger partial charge in [-0.3, -0.25) is 9.79 Å². The van der Waals surface area contributed by atoms with Gasteiger partial charge in [-0.1, -0.05) is 0 Å². The number of hydrogen-bond donors (Lipinski definition) is 5. The maximum atomic E-state index is 12.1. The highest BCUT2D eigenvalue weighted by Crippen LogP contribution is 2.10. The van der Waals surface area contributed by atoms with Gasteiger partial charge in [0.1, 0.15) is 11.4 Å². The number of carbonyl (C=O) groups excluding carboxylic acids is 2. The van der Waals surface area contributed by atoms with Crippen molar-refractivity contribution in [2.45, 2.75) is 52.7 Å². The second kappa shape index (κ2) is 13.2. The molecule has 9 nitrogen and oxygen atoms in total. The van der Waals surface area contributed by atoms with Crippen molar-refractivity contribution in [3.8, 4) is 5.75 Å². The minimum absolute atomic E-state index is 0. The molecule has 1 aromatic rings. The number of phenolic OH excluding ortho intramolecular Hbond substituents is 1. The fourth-order valence-electron chi connectivity index (χ4n) is 2.31. The van der Waals surface area contributed by atoms with E-state index in [-0.39, 0.29) is 35.6 Å². The second-order valence-electron chi connectivity index (χ2n) is 8.44. The largest absolute Gasteiger partial charge is 0.508 e. The Bertz CT molecular complexity index is 730. The van der Waals surface area contributed by atoms with Gasteiger partial charge in [0.25, 0.3) is 5.91 Å². The van der Waals surface area contributed by atoms with E-state index in [2.05, 4.69) is 26.3 Å². The van der Waals surface area contributed by atoms with Gasteiger partial charge in [0.15, 0.2) is 5.96 Å². The topological polar surface area (TPSA) is 124 Å². The van der Waals surface area contributed by atoms with Crippen LogP contribution in [-0.2, 0) is 4.74 Å². The van der Waals surface area contributed by atoms with Gasteiger partial charge >= 0.3 is 6.09 Å². The minimum atomic E-state index is -0.599. The van der Waals surface area contributed by atoms with Gasteiger partial charge in [-0.25, -0.2) is 4.79 Å². The molecule has 0 unspecified atom stereocenters. The van der Waals surface area contributed by atoms with Gasteiger partial charge in [0.2, 0.25) is 0 Å². The lowest BCUT2D eigenvalue weighted by Gasteiger charge is -2.27. The number of guanidine groups is 1. The molecule has 0 radical (unpaired) electrons. The van der Waals surface area contributed by atoms with Crippen LogP contribution >= 0.6 is 24.0 Å². The third-order valence-corrected chi connectivity index (χ3v) is 3.65. The summed E-state index contributed by atoms with van der Waals surface area (Å²) in [5.74, 6) is 0.473. The zero-order valence-corrected chi connectivity index (χ0v) is 21.5. The normalized spacial score (nSPS) is 11.7. The van der Waals surface area contributed by atoms with Gasteiger partial charge in [0.05, 0.1) is 12.1 Å². The van der Waals surface area contributed by atoms with Crippen LogP contribution in [0.4, 0.5) is 4.79 Å². The first kappa shape index (κ1) is 28.8. The van der Waals surface area contributed by atoms with Crippen LogP contribution in [0.1, 0.15) is 51.9 Å². The first-order valence-electron chi connectivity index (χ1n) is 10.0. The Hall–Kier alpha value is -2.24. The SMILES string of the molecule is CCNC(=NCC(C)(C)NC(=O)OC(C)(C)C)NCCNC(=O)c1ccc(O)cc1.I. The highest BCUT2D eigenvalue weighted by Gasteiger charge is 2.24. The van der Waals surface area contributed by atoms with Crippen molar-refractivity contribution in [2.24, 2.45) is 4.99 Å². The average molecular weight is 549 g/mol. The van der Waals surface area contributed by atoms with E-state index in [0.29, 0.717) is 37.7 Å². The fourth-order valence-corrected chi connectivity index (χ4v) is 2.31. The summed E-state index contributed by atoms with van der Waals surface area (Å²) in [7, 11) is 0. The van der Waals surface area contributed by atoms with Crippen molar-refractivity contribution < 1.29 is 19.4 Å². The first-order valence-corrected chi connectivity index (χ1v) is 10.0. The van der Waals surface area contributed by atoms with E-state index in [1.54, 1.807) is 12.1 Å². The highest BCUT2D eigenvalue weighted by atomic mass is 127. The number of hydrogen-bond acceptors (Lipinski definition) is 5. The van der Waals surface area contributed by atoms with Gasteiger partial charge < -0.3 is 31.1 Å². The molecule has 0 fully saturated rings. The minimum Gasteiger partial charge on any atom is -0.508 e. The predicted octanol–water partition coefficient (Wildman–Crippen LogP) is 2.60. The Morgan fingerprint density at radius 2 is 1.58 bits per heavy atom. The molecule has 0 aromatic heterocycles. The van der Waals surface area contributed by atoms with Crippen molar-refractivity contribution in [3.05, 3.63) is 29.8 Å². The number of alkyl carbamates (subject to hydrolysis) is 1. The maximum Gasteiger partial charge on any atom is 0.408 e. The Balaban J connectivity index is 0.00000900. The number of nitrogens with zero attached hydrogens (tertiary/aromatic N) is 1. The van der Waals surface area contributed by atoms with E-state index in [1.807, 2.05) is 41.5 Å². The van der Waals surface area contributed by atoms with Crippen LogP contribution in [0, 0.1) is 0 Å². The van der Waals surface area contributed by atoms with Gasteiger partial charge in [-0.05, 0) is 65.8 Å². The van der Waals surface area contributed by atoms with E-state index in [9.17, 15) is 14.7 Å². The lowest BCUT2D eigenvalue weighted by atomic mass is 10.1. The Morgan fingerprint density at radius 1 is 1.00 bits per heavy atom. The molecule has 0 aliphatic carbocycles. The monoisotopic (exact) mass is 549 g/mol. The molecule has 0 saturated heterocycles. The zero-order valence-electron chi connectivity index (χ0n) is 19.2. The number of phenols is 1. The summed E-state index contributed by atoms with van der Waals surface area (Å²) in [6.07, 6.45) is -0.488. The molecular weight excluding hydrogens is 513 g/mol. The number of carbonyl (C=O) groups is 2. The van der Waals surface area contributed by atoms with Crippen molar-refractivity contribution in [3.63, 3.8) is 0 Å². The summed E-state index contributed by atoms with van der Waals surface area (Å²) in [4.78, 5) is 28.6. The van der Waals surface area contributed by atoms with Crippen LogP contribution in [0.3, 0.4) is 0 Å². The average Bonchev–Trinajstić information content (AvgIpc) is 2.61. The van der Waals surface area contributed by atoms with E-state index in [0.717, 1.165) is 0 Å². The standard InChI is InChI=1S/C21H35N5O4.HI/c1-7-22-18(25-14-21(5,6)26-19(29)30-20(2,3)4)24-13-12-23-17(28)15-8-10-16(27)11-9-15;/h8-11,27H,7,12-14H2,1-6H3,(H,23,28)(H,26,29)(H2,22,24,25);1H. The number of amides is 2. The lowest BCUT2D eigenvalue weighted by molar-refractivity contribution is 0.0476. The summed E-state index contributed by atoms with van der Waals surface area (Å²) >= 11 is 0. The van der Waals surface area contributed by atoms with Crippen LogP contribution in [0.15, 0.2) is 29.3 Å².